The van der Waals surface area contributed by atoms with Crippen molar-refractivity contribution in [2.45, 2.75) is 45.1 Å². The summed E-state index contributed by atoms with van der Waals surface area (Å²) in [6.07, 6.45) is 4.88. The number of nitrogens with one attached hydrogen (secondary N) is 1. The third-order valence-corrected chi connectivity index (χ3v) is 4.80. The molecule has 0 atom stereocenters. The lowest BCUT2D eigenvalue weighted by Crippen LogP contribution is -2.44. The maximum atomic E-state index is 12.1. The fourth-order valence-corrected chi connectivity index (χ4v) is 3.49. The summed E-state index contributed by atoms with van der Waals surface area (Å²) in [5.74, 6) is -0.162. The quantitative estimate of drug-likeness (QED) is 0.848. The van der Waals surface area contributed by atoms with Crippen LogP contribution in [-0.2, 0) is 16.0 Å². The fourth-order valence-electron chi connectivity index (χ4n) is 2.99. The SMILES string of the molecule is CC(=O)N(CC(=O)NCCc1ccc(Cl)cc1Cl)C1CCCC1. The number of hydrogen-bond donors (Lipinski definition) is 1. The van der Waals surface area contributed by atoms with Gasteiger partial charge in [-0.2, -0.15) is 0 Å². The van der Waals surface area contributed by atoms with Crippen molar-refractivity contribution >= 4 is 35.0 Å². The fraction of sp³-hybridized carbons (Fsp3) is 0.529. The number of carbonyl (C=O) groups is 2. The highest BCUT2D eigenvalue weighted by atomic mass is 35.5. The minimum atomic E-state index is -0.128. The molecule has 1 aromatic carbocycles. The average molecular weight is 357 g/mol. The molecule has 0 unspecified atom stereocenters. The molecule has 2 amide bonds. The van der Waals surface area contributed by atoms with Crippen molar-refractivity contribution in [3.63, 3.8) is 0 Å². The van der Waals surface area contributed by atoms with Crippen molar-refractivity contribution in [3.05, 3.63) is 33.8 Å². The van der Waals surface area contributed by atoms with Crippen LogP contribution >= 0.6 is 23.2 Å². The largest absolute Gasteiger partial charge is 0.354 e. The van der Waals surface area contributed by atoms with Gasteiger partial charge in [-0.25, -0.2) is 0 Å². The van der Waals surface area contributed by atoms with Crippen molar-refractivity contribution in [2.75, 3.05) is 13.1 Å². The first kappa shape index (κ1) is 18.1. The van der Waals surface area contributed by atoms with Crippen LogP contribution in [0, 0.1) is 0 Å². The molecule has 0 radical (unpaired) electrons. The molecule has 126 valence electrons. The van der Waals surface area contributed by atoms with Gasteiger partial charge in [-0.05, 0) is 37.0 Å². The normalized spacial score (nSPS) is 14.7. The Morgan fingerprint density at radius 2 is 1.96 bits per heavy atom. The molecule has 2 rings (SSSR count). The second-order valence-electron chi connectivity index (χ2n) is 5.92. The van der Waals surface area contributed by atoms with Crippen LogP contribution in [0.15, 0.2) is 18.2 Å². The molecule has 0 spiro atoms. The van der Waals surface area contributed by atoms with E-state index in [4.69, 9.17) is 23.2 Å². The van der Waals surface area contributed by atoms with E-state index < -0.39 is 0 Å². The molecular weight excluding hydrogens is 335 g/mol. The first-order valence-electron chi connectivity index (χ1n) is 7.95. The lowest BCUT2D eigenvalue weighted by atomic mass is 10.1. The molecule has 1 aromatic rings. The molecule has 0 aliphatic heterocycles. The van der Waals surface area contributed by atoms with Crippen molar-refractivity contribution in [1.29, 1.82) is 0 Å². The van der Waals surface area contributed by atoms with Crippen LogP contribution < -0.4 is 5.32 Å². The maximum Gasteiger partial charge on any atom is 0.239 e. The van der Waals surface area contributed by atoms with E-state index in [0.717, 1.165) is 31.2 Å². The summed E-state index contributed by atoms with van der Waals surface area (Å²) < 4.78 is 0. The minimum Gasteiger partial charge on any atom is -0.354 e. The highest BCUT2D eigenvalue weighted by Gasteiger charge is 2.26. The first-order valence-corrected chi connectivity index (χ1v) is 8.71. The Kier molecular flexibility index (Phi) is 6.72. The van der Waals surface area contributed by atoms with Gasteiger partial charge in [0.1, 0.15) is 0 Å². The van der Waals surface area contributed by atoms with Crippen LogP contribution in [0.4, 0.5) is 0 Å². The minimum absolute atomic E-state index is 0.0344. The highest BCUT2D eigenvalue weighted by Crippen LogP contribution is 2.23. The topological polar surface area (TPSA) is 49.4 Å². The third kappa shape index (κ3) is 5.40. The standard InChI is InChI=1S/C17H22Cl2N2O2/c1-12(22)21(15-4-2-3-5-15)11-17(23)20-9-8-13-6-7-14(18)10-16(13)19/h6-7,10,15H,2-5,8-9,11H2,1H3,(H,20,23). The van der Waals surface area contributed by atoms with Crippen LogP contribution in [0.5, 0.6) is 0 Å². The predicted octanol–water partition coefficient (Wildman–Crippen LogP) is 3.44. The summed E-state index contributed by atoms with van der Waals surface area (Å²) in [6.45, 7) is 2.14. The summed E-state index contributed by atoms with van der Waals surface area (Å²) in [7, 11) is 0. The van der Waals surface area contributed by atoms with Crippen LogP contribution in [0.25, 0.3) is 0 Å². The molecule has 4 nitrogen and oxygen atoms in total. The summed E-state index contributed by atoms with van der Waals surface area (Å²) in [5.41, 5.74) is 0.940. The van der Waals surface area contributed by atoms with Crippen LogP contribution in [0.3, 0.4) is 0 Å². The second-order valence-corrected chi connectivity index (χ2v) is 6.76. The number of rotatable bonds is 6. The van der Waals surface area contributed by atoms with Gasteiger partial charge in [0.25, 0.3) is 0 Å². The maximum absolute atomic E-state index is 12.1. The average Bonchev–Trinajstić information content (AvgIpc) is 3.00. The van der Waals surface area contributed by atoms with E-state index >= 15 is 0 Å². The number of carbonyl (C=O) groups excluding carboxylic acids is 2. The predicted molar refractivity (Wildman–Crippen MR) is 92.8 cm³/mol. The van der Waals surface area contributed by atoms with Crippen molar-refractivity contribution in [2.24, 2.45) is 0 Å². The van der Waals surface area contributed by atoms with Crippen LogP contribution in [0.2, 0.25) is 10.0 Å². The number of nitrogens with zero attached hydrogens (tertiary/aromatic N) is 1. The van der Waals surface area contributed by atoms with Gasteiger partial charge in [-0.15, -0.1) is 0 Å². The van der Waals surface area contributed by atoms with Gasteiger partial charge in [0.05, 0.1) is 6.54 Å². The summed E-state index contributed by atoms with van der Waals surface area (Å²) in [4.78, 5) is 25.5. The molecule has 0 bridgehead atoms. The monoisotopic (exact) mass is 356 g/mol. The molecule has 6 heteroatoms. The van der Waals surface area contributed by atoms with E-state index in [9.17, 15) is 9.59 Å². The van der Waals surface area contributed by atoms with Gasteiger partial charge in [0.2, 0.25) is 11.8 Å². The smallest absolute Gasteiger partial charge is 0.239 e. The molecule has 1 aliphatic carbocycles. The zero-order valence-electron chi connectivity index (χ0n) is 13.3. The molecule has 23 heavy (non-hydrogen) atoms. The Bertz CT molecular complexity index is 572. The van der Waals surface area contributed by atoms with Gasteiger partial charge >= 0.3 is 0 Å². The van der Waals surface area contributed by atoms with E-state index in [1.807, 2.05) is 6.07 Å². The molecule has 0 heterocycles. The van der Waals surface area contributed by atoms with Gasteiger partial charge in [-0.1, -0.05) is 42.1 Å². The van der Waals surface area contributed by atoms with Gasteiger partial charge in [-0.3, -0.25) is 9.59 Å². The Labute approximate surface area is 147 Å². The Balaban J connectivity index is 1.80. The van der Waals surface area contributed by atoms with E-state index in [1.54, 1.807) is 17.0 Å². The van der Waals surface area contributed by atoms with Crippen LogP contribution in [-0.4, -0.2) is 35.8 Å². The van der Waals surface area contributed by atoms with Gasteiger partial charge < -0.3 is 10.2 Å². The van der Waals surface area contributed by atoms with Crippen LogP contribution in [0.1, 0.15) is 38.2 Å². The molecular formula is C17H22Cl2N2O2. The number of hydrogen-bond acceptors (Lipinski definition) is 2. The number of halogens is 2. The molecule has 0 aromatic heterocycles. The third-order valence-electron chi connectivity index (χ3n) is 4.22. The molecule has 1 saturated carbocycles. The van der Waals surface area contributed by atoms with Gasteiger partial charge in [0, 0.05) is 29.6 Å². The lowest BCUT2D eigenvalue weighted by Gasteiger charge is -2.27. The van der Waals surface area contributed by atoms with Crippen molar-refractivity contribution in [3.8, 4) is 0 Å². The summed E-state index contributed by atoms with van der Waals surface area (Å²) in [5, 5.41) is 4.05. The summed E-state index contributed by atoms with van der Waals surface area (Å²) in [6, 6.07) is 5.54. The van der Waals surface area contributed by atoms with E-state index in [1.165, 1.54) is 6.92 Å². The lowest BCUT2D eigenvalue weighted by molar-refractivity contribution is -0.136. The van der Waals surface area contributed by atoms with E-state index in [2.05, 4.69) is 5.32 Å². The zero-order valence-corrected chi connectivity index (χ0v) is 14.8. The Hall–Kier alpha value is -1.26. The second kappa shape index (κ2) is 8.55. The molecule has 1 N–H and O–H groups in total. The zero-order chi connectivity index (χ0) is 16.8. The summed E-state index contributed by atoms with van der Waals surface area (Å²) >= 11 is 12.0. The molecule has 1 fully saturated rings. The number of benzene rings is 1. The molecule has 1 aliphatic rings. The van der Waals surface area contributed by atoms with Crippen molar-refractivity contribution < 1.29 is 9.59 Å². The van der Waals surface area contributed by atoms with E-state index in [0.29, 0.717) is 23.0 Å². The van der Waals surface area contributed by atoms with Crippen molar-refractivity contribution in [1.82, 2.24) is 10.2 Å². The van der Waals surface area contributed by atoms with E-state index in [-0.39, 0.29) is 24.4 Å². The Morgan fingerprint density at radius 1 is 1.26 bits per heavy atom. The Morgan fingerprint density at radius 3 is 2.57 bits per heavy atom. The highest BCUT2D eigenvalue weighted by molar-refractivity contribution is 6.35. The number of amides is 2. The van der Waals surface area contributed by atoms with Gasteiger partial charge in [0.15, 0.2) is 0 Å². The first-order chi connectivity index (χ1) is 11.0. The molecule has 0 saturated heterocycles.